The Kier molecular flexibility index (Phi) is 3.61. The van der Waals surface area contributed by atoms with E-state index in [0.29, 0.717) is 21.4 Å². The van der Waals surface area contributed by atoms with Crippen LogP contribution in [0.25, 0.3) is 16.9 Å². The second-order valence-corrected chi connectivity index (χ2v) is 5.18. The minimum absolute atomic E-state index is 0.247. The first-order valence-corrected chi connectivity index (χ1v) is 6.82. The molecular formula is C15H8Cl2N4. The van der Waals surface area contributed by atoms with Gasteiger partial charge in [0.05, 0.1) is 5.69 Å². The fourth-order valence-electron chi connectivity index (χ4n) is 2.05. The summed E-state index contributed by atoms with van der Waals surface area (Å²) in [5.74, 6) is 0. The van der Waals surface area contributed by atoms with Gasteiger partial charge in [-0.15, -0.1) is 5.10 Å². The molecule has 0 spiro atoms. The Labute approximate surface area is 131 Å². The van der Waals surface area contributed by atoms with Crippen molar-refractivity contribution in [2.75, 3.05) is 0 Å². The highest BCUT2D eigenvalue weighted by Crippen LogP contribution is 2.27. The number of nitriles is 1. The molecule has 3 rings (SSSR count). The van der Waals surface area contributed by atoms with Crippen LogP contribution in [0.2, 0.25) is 10.0 Å². The Morgan fingerprint density at radius 3 is 2.29 bits per heavy atom. The molecule has 6 heteroatoms. The topological polar surface area (TPSA) is 54.5 Å². The van der Waals surface area contributed by atoms with Crippen molar-refractivity contribution in [1.82, 2.24) is 15.0 Å². The molecule has 0 radical (unpaired) electrons. The molecule has 102 valence electrons. The van der Waals surface area contributed by atoms with E-state index in [1.54, 1.807) is 22.9 Å². The number of benzene rings is 2. The third-order valence-corrected chi connectivity index (χ3v) is 3.35. The maximum Gasteiger partial charge on any atom is 0.191 e. The van der Waals surface area contributed by atoms with Crippen molar-refractivity contribution in [2.24, 2.45) is 0 Å². The van der Waals surface area contributed by atoms with Crippen molar-refractivity contribution in [2.45, 2.75) is 0 Å². The molecule has 0 amide bonds. The Morgan fingerprint density at radius 2 is 1.67 bits per heavy atom. The summed E-state index contributed by atoms with van der Waals surface area (Å²) in [7, 11) is 0. The minimum Gasteiger partial charge on any atom is -0.211 e. The number of hydrogen-bond acceptors (Lipinski definition) is 3. The quantitative estimate of drug-likeness (QED) is 0.715. The van der Waals surface area contributed by atoms with Crippen LogP contribution in [0.5, 0.6) is 0 Å². The summed E-state index contributed by atoms with van der Waals surface area (Å²) in [5, 5.41) is 18.2. The molecule has 0 fully saturated rings. The summed E-state index contributed by atoms with van der Waals surface area (Å²) in [5.41, 5.74) is 2.35. The zero-order chi connectivity index (χ0) is 14.8. The van der Waals surface area contributed by atoms with Crippen LogP contribution in [-0.4, -0.2) is 15.0 Å². The molecule has 0 aliphatic heterocycles. The van der Waals surface area contributed by atoms with E-state index >= 15 is 0 Å². The highest BCUT2D eigenvalue weighted by molar-refractivity contribution is 6.34. The second kappa shape index (κ2) is 5.57. The largest absolute Gasteiger partial charge is 0.211 e. The predicted octanol–water partition coefficient (Wildman–Crippen LogP) is 4.11. The van der Waals surface area contributed by atoms with E-state index in [1.165, 1.54) is 0 Å². The fourth-order valence-corrected chi connectivity index (χ4v) is 2.57. The van der Waals surface area contributed by atoms with Crippen molar-refractivity contribution in [3.8, 4) is 23.0 Å². The summed E-state index contributed by atoms with van der Waals surface area (Å²) in [4.78, 5) is 0. The molecule has 21 heavy (non-hydrogen) atoms. The molecule has 4 nitrogen and oxygen atoms in total. The van der Waals surface area contributed by atoms with Gasteiger partial charge in [0.15, 0.2) is 5.69 Å². The zero-order valence-corrected chi connectivity index (χ0v) is 12.2. The van der Waals surface area contributed by atoms with Gasteiger partial charge in [0.2, 0.25) is 0 Å². The van der Waals surface area contributed by atoms with E-state index in [-0.39, 0.29) is 5.69 Å². The Hall–Kier alpha value is -2.35. The van der Waals surface area contributed by atoms with Crippen molar-refractivity contribution in [3.05, 3.63) is 64.3 Å². The molecule has 0 saturated heterocycles. The summed E-state index contributed by atoms with van der Waals surface area (Å²) in [6.07, 6.45) is 0. The highest BCUT2D eigenvalue weighted by atomic mass is 35.5. The molecular weight excluding hydrogens is 307 g/mol. The van der Waals surface area contributed by atoms with Crippen LogP contribution >= 0.6 is 23.2 Å². The lowest BCUT2D eigenvalue weighted by Crippen LogP contribution is -2.00. The van der Waals surface area contributed by atoms with E-state index in [0.717, 1.165) is 5.56 Å². The van der Waals surface area contributed by atoms with E-state index < -0.39 is 0 Å². The van der Waals surface area contributed by atoms with E-state index in [9.17, 15) is 5.26 Å². The van der Waals surface area contributed by atoms with Gasteiger partial charge in [-0.1, -0.05) is 58.7 Å². The molecule has 2 aromatic carbocycles. The van der Waals surface area contributed by atoms with E-state index in [4.69, 9.17) is 23.2 Å². The van der Waals surface area contributed by atoms with Gasteiger partial charge in [-0.25, -0.2) is 4.68 Å². The summed E-state index contributed by atoms with van der Waals surface area (Å²) >= 11 is 12.1. The molecule has 0 bridgehead atoms. The van der Waals surface area contributed by atoms with Crippen LogP contribution in [0.15, 0.2) is 48.5 Å². The average Bonchev–Trinajstić information content (AvgIpc) is 2.91. The van der Waals surface area contributed by atoms with E-state index in [2.05, 4.69) is 16.4 Å². The maximum atomic E-state index is 9.23. The molecule has 0 atom stereocenters. The van der Waals surface area contributed by atoms with Gasteiger partial charge < -0.3 is 0 Å². The van der Waals surface area contributed by atoms with Gasteiger partial charge in [-0.3, -0.25) is 0 Å². The second-order valence-electron chi connectivity index (χ2n) is 4.30. The van der Waals surface area contributed by atoms with Crippen LogP contribution < -0.4 is 0 Å². The molecule has 1 aromatic heterocycles. The first kappa shape index (κ1) is 13.6. The Morgan fingerprint density at radius 1 is 1.00 bits per heavy atom. The lowest BCUT2D eigenvalue weighted by Gasteiger charge is -2.07. The average molecular weight is 315 g/mol. The minimum atomic E-state index is 0.247. The normalized spacial score (nSPS) is 10.3. The lowest BCUT2D eigenvalue weighted by molar-refractivity contribution is 0.807. The van der Waals surface area contributed by atoms with Crippen molar-refractivity contribution >= 4 is 23.2 Å². The van der Waals surface area contributed by atoms with Gasteiger partial charge in [0.1, 0.15) is 11.8 Å². The summed E-state index contributed by atoms with van der Waals surface area (Å²) < 4.78 is 1.56. The van der Waals surface area contributed by atoms with Crippen molar-refractivity contribution < 1.29 is 0 Å². The highest BCUT2D eigenvalue weighted by Gasteiger charge is 2.16. The standard InChI is InChI=1S/C15H8Cl2N4/c16-11-6-12(17)8-13(7-11)21-15(14(9-18)19-20-21)10-4-2-1-3-5-10/h1-8H. The van der Waals surface area contributed by atoms with E-state index in [1.807, 2.05) is 30.3 Å². The van der Waals surface area contributed by atoms with Crippen LogP contribution in [-0.2, 0) is 0 Å². The lowest BCUT2D eigenvalue weighted by atomic mass is 10.1. The first-order valence-electron chi connectivity index (χ1n) is 6.07. The number of halogens is 2. The molecule has 0 N–H and O–H groups in total. The molecule has 0 aliphatic carbocycles. The van der Waals surface area contributed by atoms with Crippen LogP contribution in [0.1, 0.15) is 5.69 Å². The number of nitrogens with zero attached hydrogens (tertiary/aromatic N) is 4. The first-order chi connectivity index (χ1) is 10.2. The SMILES string of the molecule is N#Cc1nnn(-c2cc(Cl)cc(Cl)c2)c1-c1ccccc1. The Balaban J connectivity index is 2.25. The van der Waals surface area contributed by atoms with Crippen LogP contribution in [0.4, 0.5) is 0 Å². The number of rotatable bonds is 2. The van der Waals surface area contributed by atoms with Gasteiger partial charge in [0, 0.05) is 15.6 Å². The van der Waals surface area contributed by atoms with Crippen LogP contribution in [0, 0.1) is 11.3 Å². The fraction of sp³-hybridized carbons (Fsp3) is 0. The third kappa shape index (κ3) is 2.62. The number of aromatic nitrogens is 3. The van der Waals surface area contributed by atoms with Crippen molar-refractivity contribution in [3.63, 3.8) is 0 Å². The third-order valence-electron chi connectivity index (χ3n) is 2.92. The monoisotopic (exact) mass is 314 g/mol. The maximum absolute atomic E-state index is 9.23. The van der Waals surface area contributed by atoms with Crippen LogP contribution in [0.3, 0.4) is 0 Å². The predicted molar refractivity (Wildman–Crippen MR) is 81.5 cm³/mol. The molecule has 0 unspecified atom stereocenters. The van der Waals surface area contributed by atoms with Gasteiger partial charge in [-0.05, 0) is 18.2 Å². The van der Waals surface area contributed by atoms with Gasteiger partial charge in [-0.2, -0.15) is 5.26 Å². The summed E-state index contributed by atoms with van der Waals surface area (Å²) in [6, 6.07) is 16.6. The van der Waals surface area contributed by atoms with Gasteiger partial charge >= 0.3 is 0 Å². The molecule has 0 saturated carbocycles. The Bertz CT molecular complexity index is 814. The molecule has 3 aromatic rings. The summed E-state index contributed by atoms with van der Waals surface area (Å²) in [6.45, 7) is 0. The molecule has 1 heterocycles. The molecule has 0 aliphatic rings. The number of hydrogen-bond donors (Lipinski definition) is 0. The van der Waals surface area contributed by atoms with Crippen molar-refractivity contribution in [1.29, 1.82) is 5.26 Å². The zero-order valence-electron chi connectivity index (χ0n) is 10.7. The van der Waals surface area contributed by atoms with Gasteiger partial charge in [0.25, 0.3) is 0 Å². The smallest absolute Gasteiger partial charge is 0.191 e.